The summed E-state index contributed by atoms with van der Waals surface area (Å²) in [5.41, 5.74) is 6.56. The molecule has 3 nitrogen and oxygen atoms in total. The van der Waals surface area contributed by atoms with E-state index in [1.807, 2.05) is 13.0 Å². The molecule has 0 amide bonds. The van der Waals surface area contributed by atoms with Crippen LogP contribution in [0.5, 0.6) is 0 Å². The maximum absolute atomic E-state index is 5.53. The van der Waals surface area contributed by atoms with Gasteiger partial charge in [-0.2, -0.15) is 0 Å². The van der Waals surface area contributed by atoms with E-state index in [1.165, 1.54) is 4.68 Å². The third-order valence-corrected chi connectivity index (χ3v) is 2.33. The highest BCUT2D eigenvalue weighted by atomic mass is 79.9. The second-order valence-corrected chi connectivity index (χ2v) is 2.85. The first kappa shape index (κ1) is 7.34. The molecule has 10 heavy (non-hydrogen) atoms. The molecule has 4 N–H and O–H groups in total. The minimum atomic E-state index is 0.539. The van der Waals surface area contributed by atoms with Crippen LogP contribution >= 0.6 is 15.9 Å². The van der Waals surface area contributed by atoms with Gasteiger partial charge in [-0.25, -0.2) is 0 Å². The number of halogens is 1. The minimum absolute atomic E-state index is 0.539. The van der Waals surface area contributed by atoms with E-state index in [4.69, 9.17) is 11.6 Å². The summed E-state index contributed by atoms with van der Waals surface area (Å²) in [5.74, 6) is 6.07. The van der Waals surface area contributed by atoms with Crippen molar-refractivity contribution in [1.29, 1.82) is 0 Å². The Morgan fingerprint density at radius 2 is 2.10 bits per heavy atom. The topological polar surface area (TPSA) is 55.9 Å². The number of hydrogen-bond donors (Lipinski definition) is 2. The van der Waals surface area contributed by atoms with Crippen LogP contribution in [0.2, 0.25) is 0 Å². The summed E-state index contributed by atoms with van der Waals surface area (Å²) in [5, 5.41) is 0. The molecule has 0 bridgehead atoms. The molecule has 4 heteroatoms. The van der Waals surface area contributed by atoms with Gasteiger partial charge in [0.25, 0.3) is 5.82 Å². The summed E-state index contributed by atoms with van der Waals surface area (Å²) in [4.78, 5) is 0. The Bertz CT molecular complexity index is 232. The Kier molecular flexibility index (Phi) is 1.80. The minimum Gasteiger partial charge on any atom is -0.285 e. The molecular formula is C6H9BrN3+. The smallest absolute Gasteiger partial charge is 0.285 e. The van der Waals surface area contributed by atoms with Gasteiger partial charge in [-0.1, -0.05) is 0 Å². The molecule has 0 spiro atoms. The zero-order valence-corrected chi connectivity index (χ0v) is 7.22. The van der Waals surface area contributed by atoms with E-state index in [2.05, 4.69) is 15.9 Å². The van der Waals surface area contributed by atoms with Crippen LogP contribution in [-0.4, -0.2) is 0 Å². The van der Waals surface area contributed by atoms with Gasteiger partial charge in [-0.15, -0.1) is 4.68 Å². The molecule has 0 aliphatic carbocycles. The van der Waals surface area contributed by atoms with Crippen molar-refractivity contribution in [3.63, 3.8) is 0 Å². The molecule has 0 radical (unpaired) electrons. The number of nitrogens with two attached hydrogens (primary N) is 2. The highest BCUT2D eigenvalue weighted by Crippen LogP contribution is 2.10. The van der Waals surface area contributed by atoms with Crippen molar-refractivity contribution >= 4 is 21.7 Å². The van der Waals surface area contributed by atoms with E-state index < -0.39 is 0 Å². The molecule has 0 aliphatic heterocycles. The molecule has 1 heterocycles. The molecule has 0 aliphatic rings. The summed E-state index contributed by atoms with van der Waals surface area (Å²) >= 11 is 3.29. The van der Waals surface area contributed by atoms with Crippen LogP contribution in [0.25, 0.3) is 0 Å². The lowest BCUT2D eigenvalue weighted by atomic mass is 10.3. The fraction of sp³-hybridized carbons (Fsp3) is 0.167. The van der Waals surface area contributed by atoms with Gasteiger partial charge in [-0.05, 0) is 13.0 Å². The fourth-order valence-electron chi connectivity index (χ4n) is 0.663. The Balaban J connectivity index is 3.34. The van der Waals surface area contributed by atoms with Crippen LogP contribution in [0.4, 0.5) is 5.82 Å². The number of anilines is 1. The van der Waals surface area contributed by atoms with Gasteiger partial charge in [0.15, 0.2) is 4.60 Å². The van der Waals surface area contributed by atoms with Crippen molar-refractivity contribution in [3.05, 3.63) is 22.3 Å². The third-order valence-electron chi connectivity index (χ3n) is 1.32. The van der Waals surface area contributed by atoms with E-state index in [-0.39, 0.29) is 0 Å². The fourth-order valence-corrected chi connectivity index (χ4v) is 1.000. The van der Waals surface area contributed by atoms with Crippen LogP contribution in [0.3, 0.4) is 0 Å². The Labute approximate surface area is 67.7 Å². The standard InChI is InChI=1S/C6H8BrN3/c1-4-2-3-5(8)10(9)6(4)7/h2-3,8H,9H2,1H3/p+1. The number of nitrogen functional groups attached to an aromatic ring is 2. The van der Waals surface area contributed by atoms with Crippen LogP contribution < -0.4 is 16.3 Å². The quantitative estimate of drug-likeness (QED) is 0.363. The summed E-state index contributed by atoms with van der Waals surface area (Å²) < 4.78 is 2.21. The summed E-state index contributed by atoms with van der Waals surface area (Å²) in [6, 6.07) is 3.67. The van der Waals surface area contributed by atoms with E-state index in [0.29, 0.717) is 5.82 Å². The lowest BCUT2D eigenvalue weighted by molar-refractivity contribution is -0.635. The average molecular weight is 203 g/mol. The molecule has 0 unspecified atom stereocenters. The SMILES string of the molecule is Cc1ccc(N)[n+](N)c1Br. The van der Waals surface area contributed by atoms with Crippen LogP contribution in [0.1, 0.15) is 5.56 Å². The molecule has 0 aromatic carbocycles. The largest absolute Gasteiger partial charge is 0.296 e. The van der Waals surface area contributed by atoms with Gasteiger partial charge >= 0.3 is 0 Å². The van der Waals surface area contributed by atoms with E-state index in [9.17, 15) is 0 Å². The first-order chi connectivity index (χ1) is 4.63. The number of aromatic nitrogens is 1. The zero-order chi connectivity index (χ0) is 7.72. The molecular weight excluding hydrogens is 194 g/mol. The summed E-state index contributed by atoms with van der Waals surface area (Å²) in [6.07, 6.45) is 0. The van der Waals surface area contributed by atoms with Crippen molar-refractivity contribution in [2.24, 2.45) is 0 Å². The molecule has 0 atom stereocenters. The summed E-state index contributed by atoms with van der Waals surface area (Å²) in [6.45, 7) is 1.95. The lowest BCUT2D eigenvalue weighted by Gasteiger charge is -1.99. The number of pyridine rings is 1. The van der Waals surface area contributed by atoms with Crippen molar-refractivity contribution < 1.29 is 4.68 Å². The maximum Gasteiger partial charge on any atom is 0.296 e. The molecule has 1 aromatic rings. The second-order valence-electron chi connectivity index (χ2n) is 2.10. The second kappa shape index (κ2) is 2.46. The first-order valence-corrected chi connectivity index (χ1v) is 3.64. The normalized spacial score (nSPS) is 9.80. The number of aryl methyl sites for hydroxylation is 1. The predicted octanol–water partition coefficient (Wildman–Crippen LogP) is 0.341. The number of nitrogens with zero attached hydrogens (tertiary/aromatic N) is 1. The molecule has 0 fully saturated rings. The molecule has 1 aromatic heterocycles. The molecule has 1 rings (SSSR count). The van der Waals surface area contributed by atoms with E-state index >= 15 is 0 Å². The molecule has 0 saturated carbocycles. The summed E-state index contributed by atoms with van der Waals surface area (Å²) in [7, 11) is 0. The Morgan fingerprint density at radius 1 is 1.50 bits per heavy atom. The molecule has 0 saturated heterocycles. The monoisotopic (exact) mass is 202 g/mol. The van der Waals surface area contributed by atoms with Gasteiger partial charge in [-0.3, -0.25) is 11.6 Å². The van der Waals surface area contributed by atoms with Gasteiger partial charge in [0.2, 0.25) is 0 Å². The van der Waals surface area contributed by atoms with Crippen LogP contribution in [0, 0.1) is 6.92 Å². The Hall–Kier alpha value is -0.770. The van der Waals surface area contributed by atoms with Crippen LogP contribution in [0.15, 0.2) is 16.7 Å². The highest BCUT2D eigenvalue weighted by Gasteiger charge is 2.06. The third kappa shape index (κ3) is 1.07. The lowest BCUT2D eigenvalue weighted by Crippen LogP contribution is -2.48. The van der Waals surface area contributed by atoms with Gasteiger partial charge < -0.3 is 0 Å². The number of rotatable bonds is 0. The highest BCUT2D eigenvalue weighted by molar-refractivity contribution is 9.10. The van der Waals surface area contributed by atoms with Gasteiger partial charge in [0, 0.05) is 27.6 Å². The van der Waals surface area contributed by atoms with Crippen LogP contribution in [-0.2, 0) is 0 Å². The number of hydrogen-bond acceptors (Lipinski definition) is 2. The predicted molar refractivity (Wildman–Crippen MR) is 43.6 cm³/mol. The van der Waals surface area contributed by atoms with Gasteiger partial charge in [0.1, 0.15) is 0 Å². The first-order valence-electron chi connectivity index (χ1n) is 2.84. The van der Waals surface area contributed by atoms with Gasteiger partial charge in [0.05, 0.1) is 0 Å². The van der Waals surface area contributed by atoms with Crippen molar-refractivity contribution in [3.8, 4) is 0 Å². The van der Waals surface area contributed by atoms with E-state index in [0.717, 1.165) is 10.2 Å². The van der Waals surface area contributed by atoms with Crippen molar-refractivity contribution in [2.45, 2.75) is 6.92 Å². The van der Waals surface area contributed by atoms with Crippen molar-refractivity contribution in [2.75, 3.05) is 11.6 Å². The maximum atomic E-state index is 5.53. The van der Waals surface area contributed by atoms with E-state index in [1.54, 1.807) is 6.07 Å². The van der Waals surface area contributed by atoms with Crippen molar-refractivity contribution in [1.82, 2.24) is 0 Å². The average Bonchev–Trinajstić information content (AvgIpc) is 1.93. The Morgan fingerprint density at radius 3 is 2.60 bits per heavy atom. The molecule has 54 valence electrons. The zero-order valence-electron chi connectivity index (χ0n) is 5.63.